The molecule has 3 nitrogen and oxygen atoms in total. The Bertz CT molecular complexity index is 346. The van der Waals surface area contributed by atoms with E-state index in [0.717, 1.165) is 33.7 Å². The Morgan fingerprint density at radius 1 is 1.56 bits per heavy atom. The monoisotopic (exact) mass is 395 g/mol. The van der Waals surface area contributed by atoms with Crippen molar-refractivity contribution in [3.05, 3.63) is 16.1 Å². The summed E-state index contributed by atoms with van der Waals surface area (Å²) >= 11 is 5.85. The smallest absolute Gasteiger partial charge is 0.145 e. The van der Waals surface area contributed by atoms with E-state index in [9.17, 15) is 0 Å². The Morgan fingerprint density at radius 3 is 3.19 bits per heavy atom. The van der Waals surface area contributed by atoms with Gasteiger partial charge in [0, 0.05) is 24.6 Å². The molecular weight excluding hydrogens is 381 g/mol. The number of piperidine rings is 1. The lowest BCUT2D eigenvalue weighted by atomic mass is 9.96. The molecule has 0 radical (unpaired) electrons. The summed E-state index contributed by atoms with van der Waals surface area (Å²) in [6, 6.07) is 0. The third-order valence-corrected chi connectivity index (χ3v) is 4.20. The van der Waals surface area contributed by atoms with Crippen molar-refractivity contribution in [2.75, 3.05) is 23.3 Å². The summed E-state index contributed by atoms with van der Waals surface area (Å²) in [6.07, 6.45) is 7.42. The van der Waals surface area contributed by atoms with Crippen LogP contribution in [0.25, 0.3) is 0 Å². The Labute approximate surface area is 118 Å². The lowest BCUT2D eigenvalue weighted by molar-refractivity contribution is 0.405. The molecule has 0 saturated carbocycles. The highest BCUT2D eigenvalue weighted by atomic mass is 127. The first-order chi connectivity index (χ1) is 7.81. The van der Waals surface area contributed by atoms with Crippen LogP contribution < -0.4 is 4.90 Å². The van der Waals surface area contributed by atoms with Gasteiger partial charge >= 0.3 is 0 Å². The molecule has 0 amide bonds. The molecule has 1 unspecified atom stereocenters. The molecule has 1 atom stereocenters. The number of rotatable bonds is 3. The molecule has 0 aliphatic carbocycles. The third kappa shape index (κ3) is 3.06. The first-order valence-corrected chi connectivity index (χ1v) is 7.77. The molecule has 0 aromatic carbocycles. The maximum atomic E-state index is 4.39. The zero-order valence-electron chi connectivity index (χ0n) is 9.07. The van der Waals surface area contributed by atoms with Gasteiger partial charge in [-0.25, -0.2) is 9.97 Å². The van der Waals surface area contributed by atoms with Gasteiger partial charge in [-0.15, -0.1) is 0 Å². The fourth-order valence-corrected chi connectivity index (χ4v) is 3.47. The second-order valence-electron chi connectivity index (χ2n) is 4.13. The Balaban J connectivity index is 2.07. The van der Waals surface area contributed by atoms with Crippen molar-refractivity contribution in [2.45, 2.75) is 19.3 Å². The molecule has 16 heavy (non-hydrogen) atoms. The normalized spacial score (nSPS) is 21.1. The maximum Gasteiger partial charge on any atom is 0.145 e. The summed E-state index contributed by atoms with van der Waals surface area (Å²) in [6.45, 7) is 2.27. The van der Waals surface area contributed by atoms with Gasteiger partial charge in [0.05, 0.1) is 3.57 Å². The summed E-state index contributed by atoms with van der Waals surface area (Å²) in [5.41, 5.74) is 0. The topological polar surface area (TPSA) is 29.0 Å². The van der Waals surface area contributed by atoms with Crippen LogP contribution >= 0.6 is 38.5 Å². The van der Waals surface area contributed by atoms with E-state index in [-0.39, 0.29) is 0 Å². The molecule has 1 aromatic heterocycles. The zero-order chi connectivity index (χ0) is 11.4. The van der Waals surface area contributed by atoms with Crippen LogP contribution in [-0.4, -0.2) is 28.4 Å². The van der Waals surface area contributed by atoms with Gasteiger partial charge in [-0.05, 0) is 47.8 Å². The van der Waals surface area contributed by atoms with Gasteiger partial charge < -0.3 is 4.90 Å². The van der Waals surface area contributed by atoms with Crippen LogP contribution in [0.1, 0.15) is 19.3 Å². The lowest BCUT2D eigenvalue weighted by Crippen LogP contribution is -2.36. The second-order valence-corrected chi connectivity index (χ2v) is 6.08. The summed E-state index contributed by atoms with van der Waals surface area (Å²) in [4.78, 5) is 10.8. The third-order valence-electron chi connectivity index (χ3n) is 2.98. The van der Waals surface area contributed by atoms with E-state index in [2.05, 4.69) is 53.4 Å². The lowest BCUT2D eigenvalue weighted by Gasteiger charge is -2.33. The molecule has 1 saturated heterocycles. The van der Waals surface area contributed by atoms with Gasteiger partial charge in [0.2, 0.25) is 0 Å². The SMILES string of the molecule is BrCCC1CCCN(c2ncncc2I)C1. The fraction of sp³-hybridized carbons (Fsp3) is 0.636. The average molecular weight is 396 g/mol. The van der Waals surface area contributed by atoms with Crippen LogP contribution in [0, 0.1) is 9.49 Å². The van der Waals surface area contributed by atoms with Crippen molar-refractivity contribution in [3.63, 3.8) is 0 Å². The molecule has 5 heteroatoms. The molecule has 1 aromatic rings. The molecule has 0 spiro atoms. The van der Waals surface area contributed by atoms with Gasteiger partial charge in [0.25, 0.3) is 0 Å². The van der Waals surface area contributed by atoms with Crippen LogP contribution in [0.3, 0.4) is 0 Å². The Hall–Kier alpha value is 0.0900. The summed E-state index contributed by atoms with van der Waals surface area (Å²) in [7, 11) is 0. The quantitative estimate of drug-likeness (QED) is 0.581. The molecule has 1 aliphatic rings. The number of hydrogen-bond donors (Lipinski definition) is 0. The average Bonchev–Trinajstić information content (AvgIpc) is 2.30. The van der Waals surface area contributed by atoms with Crippen LogP contribution in [-0.2, 0) is 0 Å². The largest absolute Gasteiger partial charge is 0.355 e. The minimum atomic E-state index is 0.805. The van der Waals surface area contributed by atoms with E-state index in [1.165, 1.54) is 19.3 Å². The molecule has 1 fully saturated rings. The number of halogens is 2. The Morgan fingerprint density at radius 2 is 2.44 bits per heavy atom. The number of hydrogen-bond acceptors (Lipinski definition) is 3. The molecule has 88 valence electrons. The van der Waals surface area contributed by atoms with Crippen molar-refractivity contribution >= 4 is 44.3 Å². The maximum absolute atomic E-state index is 4.39. The van der Waals surface area contributed by atoms with Gasteiger partial charge in [-0.1, -0.05) is 15.9 Å². The van der Waals surface area contributed by atoms with E-state index < -0.39 is 0 Å². The van der Waals surface area contributed by atoms with E-state index in [0.29, 0.717) is 0 Å². The van der Waals surface area contributed by atoms with Crippen molar-refractivity contribution < 1.29 is 0 Å². The molecule has 2 heterocycles. The van der Waals surface area contributed by atoms with E-state index in [1.807, 2.05) is 6.20 Å². The Kier molecular flexibility index (Phi) is 4.81. The fourth-order valence-electron chi connectivity index (χ4n) is 2.19. The van der Waals surface area contributed by atoms with Crippen LogP contribution in [0.15, 0.2) is 12.5 Å². The first-order valence-electron chi connectivity index (χ1n) is 5.57. The predicted octanol–water partition coefficient (Wildman–Crippen LogP) is 3.08. The number of nitrogens with zero attached hydrogens (tertiary/aromatic N) is 3. The van der Waals surface area contributed by atoms with Crippen LogP contribution in [0.4, 0.5) is 5.82 Å². The summed E-state index contributed by atoms with van der Waals surface area (Å²) < 4.78 is 1.15. The van der Waals surface area contributed by atoms with Crippen molar-refractivity contribution in [1.82, 2.24) is 9.97 Å². The van der Waals surface area contributed by atoms with Gasteiger partial charge in [0.1, 0.15) is 12.1 Å². The van der Waals surface area contributed by atoms with Crippen LogP contribution in [0.2, 0.25) is 0 Å². The van der Waals surface area contributed by atoms with E-state index in [1.54, 1.807) is 6.33 Å². The summed E-state index contributed by atoms with van der Waals surface area (Å²) in [5, 5.41) is 1.10. The second kappa shape index (κ2) is 6.14. The predicted molar refractivity (Wildman–Crippen MR) is 78.1 cm³/mol. The molecule has 2 rings (SSSR count). The van der Waals surface area contributed by atoms with Crippen molar-refractivity contribution in [3.8, 4) is 0 Å². The molecular formula is C11H15BrIN3. The number of alkyl halides is 1. The molecule has 0 N–H and O–H groups in total. The van der Waals surface area contributed by atoms with Crippen LogP contribution in [0.5, 0.6) is 0 Å². The van der Waals surface area contributed by atoms with Gasteiger partial charge in [-0.2, -0.15) is 0 Å². The number of aromatic nitrogens is 2. The van der Waals surface area contributed by atoms with Gasteiger partial charge in [-0.3, -0.25) is 0 Å². The van der Waals surface area contributed by atoms with Crippen molar-refractivity contribution in [1.29, 1.82) is 0 Å². The highest BCUT2D eigenvalue weighted by Crippen LogP contribution is 2.26. The van der Waals surface area contributed by atoms with Gasteiger partial charge in [0.15, 0.2) is 0 Å². The van der Waals surface area contributed by atoms with E-state index >= 15 is 0 Å². The number of anilines is 1. The van der Waals surface area contributed by atoms with E-state index in [4.69, 9.17) is 0 Å². The summed E-state index contributed by atoms with van der Waals surface area (Å²) in [5.74, 6) is 1.91. The highest BCUT2D eigenvalue weighted by molar-refractivity contribution is 14.1. The minimum absolute atomic E-state index is 0.805. The van der Waals surface area contributed by atoms with Crippen molar-refractivity contribution in [2.24, 2.45) is 5.92 Å². The minimum Gasteiger partial charge on any atom is -0.355 e. The first kappa shape index (κ1) is 12.5. The zero-order valence-corrected chi connectivity index (χ0v) is 12.8. The molecule has 0 bridgehead atoms. The molecule has 1 aliphatic heterocycles. The standard InChI is InChI=1S/C11H15BrIN3/c12-4-3-9-2-1-5-16(7-9)11-10(13)6-14-8-15-11/h6,8-9H,1-5,7H2. The highest BCUT2D eigenvalue weighted by Gasteiger charge is 2.21.